The van der Waals surface area contributed by atoms with Crippen LogP contribution in [0.15, 0.2) is 36.5 Å². The highest BCUT2D eigenvalue weighted by atomic mass is 16.6. The summed E-state index contributed by atoms with van der Waals surface area (Å²) in [7, 11) is 1.43. The molecule has 0 amide bonds. The van der Waals surface area contributed by atoms with Crippen LogP contribution in [0.2, 0.25) is 0 Å². The van der Waals surface area contributed by atoms with Gasteiger partial charge in [0.25, 0.3) is 0 Å². The molecule has 0 radical (unpaired) electrons. The van der Waals surface area contributed by atoms with E-state index < -0.39 is 0 Å². The molecule has 2 atom stereocenters. The molecule has 1 rings (SSSR count). The molecule has 0 aromatic rings. The van der Waals surface area contributed by atoms with Crippen LogP contribution in [-0.4, -0.2) is 25.3 Å². The molecular weight excluding hydrogens is 300 g/mol. The summed E-state index contributed by atoms with van der Waals surface area (Å²) < 4.78 is 10.3. The van der Waals surface area contributed by atoms with Gasteiger partial charge in [0.05, 0.1) is 19.3 Å². The summed E-state index contributed by atoms with van der Waals surface area (Å²) in [6.07, 6.45) is 24.6. The zero-order chi connectivity index (χ0) is 17.5. The minimum absolute atomic E-state index is 0.128. The molecule has 1 aliphatic rings. The fourth-order valence-corrected chi connectivity index (χ4v) is 2.54. The topological polar surface area (TPSA) is 38.8 Å². The van der Waals surface area contributed by atoms with Crippen LogP contribution >= 0.6 is 0 Å². The number of methoxy groups -OCH3 is 1. The zero-order valence-electron chi connectivity index (χ0n) is 15.4. The number of carbonyl (C=O) groups is 1. The first-order valence-corrected chi connectivity index (χ1v) is 9.45. The fraction of sp³-hybridized carbons (Fsp3) is 0.667. The highest BCUT2D eigenvalue weighted by molar-refractivity contribution is 5.69. The van der Waals surface area contributed by atoms with Crippen molar-refractivity contribution in [3.63, 3.8) is 0 Å². The first-order chi connectivity index (χ1) is 11.8. The molecule has 0 aliphatic carbocycles. The van der Waals surface area contributed by atoms with Crippen molar-refractivity contribution in [1.82, 2.24) is 0 Å². The van der Waals surface area contributed by atoms with Crippen molar-refractivity contribution < 1.29 is 14.3 Å². The lowest BCUT2D eigenvalue weighted by Crippen LogP contribution is -1.98. The number of allylic oxidation sites excluding steroid dienone is 4. The van der Waals surface area contributed by atoms with Gasteiger partial charge in [-0.3, -0.25) is 4.79 Å². The molecule has 0 spiro atoms. The molecule has 1 saturated heterocycles. The summed E-state index contributed by atoms with van der Waals surface area (Å²) in [4.78, 5) is 11.0. The average molecular weight is 335 g/mol. The third-order valence-electron chi connectivity index (χ3n) is 4.15. The smallest absolute Gasteiger partial charge is 0.305 e. The molecule has 24 heavy (non-hydrogen) atoms. The quantitative estimate of drug-likeness (QED) is 0.182. The molecule has 0 aromatic carbocycles. The molecule has 3 nitrogen and oxygen atoms in total. The second-order valence-corrected chi connectivity index (χ2v) is 6.30. The number of ether oxygens (including phenoxy) is 2. The third kappa shape index (κ3) is 11.2. The van der Waals surface area contributed by atoms with E-state index in [4.69, 9.17) is 4.74 Å². The summed E-state index contributed by atoms with van der Waals surface area (Å²) in [5.74, 6) is -0.128. The van der Waals surface area contributed by atoms with Crippen LogP contribution in [-0.2, 0) is 14.3 Å². The molecule has 0 aromatic heterocycles. The van der Waals surface area contributed by atoms with Crippen LogP contribution in [0.1, 0.15) is 71.1 Å². The lowest BCUT2D eigenvalue weighted by Gasteiger charge is -1.95. The van der Waals surface area contributed by atoms with Gasteiger partial charge in [-0.25, -0.2) is 0 Å². The van der Waals surface area contributed by atoms with E-state index in [9.17, 15) is 4.79 Å². The molecule has 3 heteroatoms. The van der Waals surface area contributed by atoms with Crippen molar-refractivity contribution in [1.29, 1.82) is 0 Å². The second kappa shape index (κ2) is 14.0. The number of rotatable bonds is 14. The third-order valence-corrected chi connectivity index (χ3v) is 4.15. The Morgan fingerprint density at radius 1 is 0.917 bits per heavy atom. The van der Waals surface area contributed by atoms with Crippen molar-refractivity contribution in [2.45, 2.75) is 83.3 Å². The lowest BCUT2D eigenvalue weighted by molar-refractivity contribution is -0.140. The number of esters is 1. The molecule has 1 fully saturated rings. The van der Waals surface area contributed by atoms with Crippen LogP contribution in [0.25, 0.3) is 0 Å². The van der Waals surface area contributed by atoms with Gasteiger partial charge in [-0.1, -0.05) is 56.2 Å². The minimum Gasteiger partial charge on any atom is -0.469 e. The zero-order valence-corrected chi connectivity index (χ0v) is 15.4. The summed E-state index contributed by atoms with van der Waals surface area (Å²) in [6, 6.07) is 0. The maximum atomic E-state index is 11.0. The maximum absolute atomic E-state index is 11.0. The van der Waals surface area contributed by atoms with Crippen LogP contribution in [0.5, 0.6) is 0 Å². The molecule has 1 heterocycles. The Morgan fingerprint density at radius 3 is 2.25 bits per heavy atom. The Hall–Kier alpha value is -1.35. The first kappa shape index (κ1) is 20.7. The van der Waals surface area contributed by atoms with Crippen molar-refractivity contribution in [3.8, 4) is 0 Å². The van der Waals surface area contributed by atoms with Gasteiger partial charge in [-0.05, 0) is 44.9 Å². The predicted octanol–water partition coefficient (Wildman–Crippen LogP) is 5.52. The van der Waals surface area contributed by atoms with Crippen LogP contribution in [0, 0.1) is 0 Å². The first-order valence-electron chi connectivity index (χ1n) is 9.45. The number of unbranched alkanes of at least 4 members (excludes halogenated alkanes) is 4. The highest BCUT2D eigenvalue weighted by Gasteiger charge is 2.35. The summed E-state index contributed by atoms with van der Waals surface area (Å²) in [6.45, 7) is 2.24. The lowest BCUT2D eigenvalue weighted by atomic mass is 10.1. The number of hydrogen-bond donors (Lipinski definition) is 0. The van der Waals surface area contributed by atoms with Crippen LogP contribution in [0.4, 0.5) is 0 Å². The normalized spacial score (nSPS) is 20.4. The van der Waals surface area contributed by atoms with Crippen molar-refractivity contribution in [2.75, 3.05) is 7.11 Å². The van der Waals surface area contributed by atoms with Crippen LogP contribution < -0.4 is 0 Å². The molecule has 0 N–H and O–H groups in total. The Labute approximate surface area is 147 Å². The van der Waals surface area contributed by atoms with E-state index in [0.717, 1.165) is 32.1 Å². The molecule has 2 unspecified atom stereocenters. The van der Waals surface area contributed by atoms with Gasteiger partial charge in [0.15, 0.2) is 0 Å². The largest absolute Gasteiger partial charge is 0.469 e. The summed E-state index contributed by atoms with van der Waals surface area (Å²) >= 11 is 0. The van der Waals surface area contributed by atoms with Crippen molar-refractivity contribution in [3.05, 3.63) is 36.5 Å². The maximum Gasteiger partial charge on any atom is 0.305 e. The molecule has 0 saturated carbocycles. The number of carbonyl (C=O) groups excluding carboxylic acids is 1. The van der Waals surface area contributed by atoms with Gasteiger partial charge in [0, 0.05) is 6.42 Å². The van der Waals surface area contributed by atoms with E-state index in [1.165, 1.54) is 32.8 Å². The van der Waals surface area contributed by atoms with Crippen molar-refractivity contribution >= 4 is 5.97 Å². The molecule has 1 aliphatic heterocycles. The van der Waals surface area contributed by atoms with Crippen molar-refractivity contribution in [2.24, 2.45) is 0 Å². The fourth-order valence-electron chi connectivity index (χ4n) is 2.54. The average Bonchev–Trinajstić information content (AvgIpc) is 3.34. The van der Waals surface area contributed by atoms with E-state index in [0.29, 0.717) is 18.6 Å². The minimum atomic E-state index is -0.128. The second-order valence-electron chi connectivity index (χ2n) is 6.30. The SMILES string of the molecule is CCCCC/C=C\C/C=C\CC1OC1C/C=C\CCCC(=O)OC. The predicted molar refractivity (Wildman–Crippen MR) is 99.9 cm³/mol. The molecular formula is C21H34O3. The number of epoxide rings is 1. The molecule has 0 bridgehead atoms. The summed E-state index contributed by atoms with van der Waals surface area (Å²) in [5.41, 5.74) is 0. The van der Waals surface area contributed by atoms with Crippen LogP contribution in [0.3, 0.4) is 0 Å². The van der Waals surface area contributed by atoms with Gasteiger partial charge in [0.2, 0.25) is 0 Å². The van der Waals surface area contributed by atoms with Gasteiger partial charge >= 0.3 is 5.97 Å². The van der Waals surface area contributed by atoms with E-state index in [1.807, 2.05) is 0 Å². The Balaban J connectivity index is 1.93. The van der Waals surface area contributed by atoms with Gasteiger partial charge in [0.1, 0.15) is 0 Å². The van der Waals surface area contributed by atoms with Gasteiger partial charge in [-0.2, -0.15) is 0 Å². The Bertz CT molecular complexity index is 409. The van der Waals surface area contributed by atoms with Gasteiger partial charge < -0.3 is 9.47 Å². The monoisotopic (exact) mass is 334 g/mol. The van der Waals surface area contributed by atoms with E-state index >= 15 is 0 Å². The Kier molecular flexibility index (Phi) is 12.1. The highest BCUT2D eigenvalue weighted by Crippen LogP contribution is 2.29. The van der Waals surface area contributed by atoms with Gasteiger partial charge in [-0.15, -0.1) is 0 Å². The summed E-state index contributed by atoms with van der Waals surface area (Å²) in [5, 5.41) is 0. The Morgan fingerprint density at radius 2 is 1.54 bits per heavy atom. The van der Waals surface area contributed by atoms with E-state index in [-0.39, 0.29) is 5.97 Å². The molecule has 136 valence electrons. The standard InChI is InChI=1S/C21H34O3/c1-3-4-5-6-7-8-9-10-13-16-19-20(24-19)17-14-11-12-15-18-21(22)23-2/h7-8,10-11,13-14,19-20H,3-6,9,12,15-18H2,1-2H3/b8-7-,13-10-,14-11-. The van der Waals surface area contributed by atoms with E-state index in [1.54, 1.807) is 0 Å². The van der Waals surface area contributed by atoms with E-state index in [2.05, 4.69) is 48.1 Å². The number of hydrogen-bond acceptors (Lipinski definition) is 3.